The Balaban J connectivity index is 1.63. The zero-order valence-corrected chi connectivity index (χ0v) is 14.9. The number of nitrogens with zero attached hydrogens (tertiary/aromatic N) is 1. The number of amides is 2. The number of ether oxygens (including phenoxy) is 1. The summed E-state index contributed by atoms with van der Waals surface area (Å²) in [7, 11) is 1.58. The number of carboxylic acid groups (broad SMARTS) is 1. The summed E-state index contributed by atoms with van der Waals surface area (Å²) in [6.07, 6.45) is 1.26. The molecule has 7 heteroatoms. The highest BCUT2D eigenvalue weighted by atomic mass is 16.5. The van der Waals surface area contributed by atoms with Gasteiger partial charge in [0.25, 0.3) is 5.91 Å². The topological polar surface area (TPSA) is 95.9 Å². The third-order valence-electron chi connectivity index (χ3n) is 5.53. The molecule has 0 unspecified atom stereocenters. The van der Waals surface area contributed by atoms with E-state index in [0.717, 1.165) is 5.56 Å². The molecule has 2 N–H and O–H groups in total. The fourth-order valence-corrected chi connectivity index (χ4v) is 3.91. The number of likely N-dealkylation sites (tertiary alicyclic amines) is 1. The van der Waals surface area contributed by atoms with Gasteiger partial charge in [0, 0.05) is 44.6 Å². The monoisotopic (exact) mass is 360 g/mol. The summed E-state index contributed by atoms with van der Waals surface area (Å²) in [5, 5.41) is 12.3. The summed E-state index contributed by atoms with van der Waals surface area (Å²) in [6, 6.07) is 7.19. The molecule has 7 nitrogen and oxygen atoms in total. The van der Waals surface area contributed by atoms with Gasteiger partial charge in [0.2, 0.25) is 5.91 Å². The molecule has 0 aliphatic carbocycles. The number of nitrogens with one attached hydrogen (secondary N) is 1. The van der Waals surface area contributed by atoms with Crippen LogP contribution in [0.5, 0.6) is 0 Å². The molecule has 0 spiro atoms. The van der Waals surface area contributed by atoms with Gasteiger partial charge in [0.1, 0.15) is 0 Å². The first-order valence-corrected chi connectivity index (χ1v) is 8.86. The Morgan fingerprint density at radius 2 is 2.19 bits per heavy atom. The van der Waals surface area contributed by atoms with Crippen molar-refractivity contribution < 1.29 is 24.2 Å². The maximum atomic E-state index is 12.6. The van der Waals surface area contributed by atoms with Crippen LogP contribution in [0.3, 0.4) is 0 Å². The van der Waals surface area contributed by atoms with Gasteiger partial charge in [-0.25, -0.2) is 0 Å². The van der Waals surface area contributed by atoms with Gasteiger partial charge in [-0.05, 0) is 30.5 Å². The molecule has 140 valence electrons. The third kappa shape index (κ3) is 3.44. The minimum atomic E-state index is -0.868. The second-order valence-corrected chi connectivity index (χ2v) is 7.04. The van der Waals surface area contributed by atoms with Crippen molar-refractivity contribution in [3.8, 4) is 0 Å². The number of aryl methyl sites for hydroxylation is 1. The van der Waals surface area contributed by atoms with E-state index in [-0.39, 0.29) is 24.3 Å². The Morgan fingerprint density at radius 1 is 1.38 bits per heavy atom. The van der Waals surface area contributed by atoms with Crippen molar-refractivity contribution >= 4 is 17.8 Å². The lowest BCUT2D eigenvalue weighted by atomic mass is 9.74. The van der Waals surface area contributed by atoms with Crippen LogP contribution in [0.15, 0.2) is 24.3 Å². The van der Waals surface area contributed by atoms with Gasteiger partial charge in [-0.1, -0.05) is 12.1 Å². The van der Waals surface area contributed by atoms with Crippen molar-refractivity contribution in [2.75, 3.05) is 33.4 Å². The maximum absolute atomic E-state index is 12.6. The lowest BCUT2D eigenvalue weighted by Gasteiger charge is -2.33. The summed E-state index contributed by atoms with van der Waals surface area (Å²) in [4.78, 5) is 37.8. The van der Waals surface area contributed by atoms with Crippen molar-refractivity contribution in [3.05, 3.63) is 35.4 Å². The van der Waals surface area contributed by atoms with Crippen LogP contribution in [0.2, 0.25) is 0 Å². The molecule has 2 aliphatic rings. The summed E-state index contributed by atoms with van der Waals surface area (Å²) in [6.45, 7) is 1.51. The largest absolute Gasteiger partial charge is 0.481 e. The molecule has 26 heavy (non-hydrogen) atoms. The van der Waals surface area contributed by atoms with E-state index in [1.807, 2.05) is 6.07 Å². The molecule has 1 aromatic rings. The molecule has 2 heterocycles. The molecule has 3 rings (SSSR count). The predicted octanol–water partition coefficient (Wildman–Crippen LogP) is 0.929. The van der Waals surface area contributed by atoms with Crippen LogP contribution >= 0.6 is 0 Å². The van der Waals surface area contributed by atoms with Gasteiger partial charge in [0.15, 0.2) is 0 Å². The van der Waals surface area contributed by atoms with Crippen LogP contribution in [0.25, 0.3) is 0 Å². The molecular weight excluding hydrogens is 336 g/mol. The number of benzene rings is 1. The van der Waals surface area contributed by atoms with Gasteiger partial charge in [-0.3, -0.25) is 14.4 Å². The number of carbonyl (C=O) groups excluding carboxylic acids is 2. The van der Waals surface area contributed by atoms with E-state index in [0.29, 0.717) is 44.6 Å². The molecule has 1 aromatic carbocycles. The van der Waals surface area contributed by atoms with E-state index in [9.17, 15) is 19.5 Å². The quantitative estimate of drug-likeness (QED) is 0.814. The van der Waals surface area contributed by atoms with Crippen molar-refractivity contribution in [2.45, 2.75) is 19.3 Å². The average Bonchev–Trinajstić information content (AvgIpc) is 3.07. The first-order valence-electron chi connectivity index (χ1n) is 8.86. The van der Waals surface area contributed by atoms with Gasteiger partial charge in [-0.15, -0.1) is 0 Å². The highest BCUT2D eigenvalue weighted by Gasteiger charge is 2.54. The number of carbonyl (C=O) groups is 3. The lowest BCUT2D eigenvalue weighted by Crippen LogP contribution is -2.45. The maximum Gasteiger partial charge on any atom is 0.311 e. The molecule has 2 atom stereocenters. The zero-order valence-electron chi connectivity index (χ0n) is 14.9. The zero-order chi connectivity index (χ0) is 18.7. The van der Waals surface area contributed by atoms with Gasteiger partial charge < -0.3 is 20.1 Å². The van der Waals surface area contributed by atoms with E-state index in [1.54, 1.807) is 30.1 Å². The first kappa shape index (κ1) is 18.4. The molecule has 2 fully saturated rings. The van der Waals surface area contributed by atoms with E-state index in [2.05, 4.69) is 5.32 Å². The minimum Gasteiger partial charge on any atom is -0.481 e. The molecule has 2 amide bonds. The number of fused-ring (bicyclic) bond motifs is 1. The van der Waals surface area contributed by atoms with Gasteiger partial charge >= 0.3 is 5.97 Å². The highest BCUT2D eigenvalue weighted by molar-refractivity contribution is 5.94. The Kier molecular flexibility index (Phi) is 5.27. The molecule has 2 aliphatic heterocycles. The number of carboxylic acids is 1. The molecule has 0 aromatic heterocycles. The second-order valence-electron chi connectivity index (χ2n) is 7.04. The highest BCUT2D eigenvalue weighted by Crippen LogP contribution is 2.42. The Hall–Kier alpha value is -2.41. The van der Waals surface area contributed by atoms with Crippen molar-refractivity contribution in [1.82, 2.24) is 10.2 Å². The number of hydrogen-bond donors (Lipinski definition) is 2. The first-order chi connectivity index (χ1) is 12.5. The normalized spacial score (nSPS) is 24.8. The van der Waals surface area contributed by atoms with E-state index >= 15 is 0 Å². The smallest absolute Gasteiger partial charge is 0.311 e. The summed E-state index contributed by atoms with van der Waals surface area (Å²) in [5.74, 6) is -1.19. The number of aliphatic carboxylic acids is 1. The predicted molar refractivity (Wildman–Crippen MR) is 93.7 cm³/mol. The van der Waals surface area contributed by atoms with Crippen LogP contribution < -0.4 is 5.32 Å². The van der Waals surface area contributed by atoms with Crippen LogP contribution in [0.4, 0.5) is 0 Å². The SMILES string of the molecule is CNC(=O)c1cccc(CCC(=O)N2C[C@H]3COCC[C@@]3(C(=O)O)C2)c1. The summed E-state index contributed by atoms with van der Waals surface area (Å²) < 4.78 is 5.42. The van der Waals surface area contributed by atoms with Crippen LogP contribution in [0.1, 0.15) is 28.8 Å². The minimum absolute atomic E-state index is 0.0506. The molecular formula is C19H24N2O5. The molecule has 0 bridgehead atoms. The fourth-order valence-electron chi connectivity index (χ4n) is 3.91. The lowest BCUT2D eigenvalue weighted by molar-refractivity contribution is -0.157. The van der Waals surface area contributed by atoms with Crippen molar-refractivity contribution in [3.63, 3.8) is 0 Å². The second kappa shape index (κ2) is 7.45. The number of hydrogen-bond acceptors (Lipinski definition) is 4. The summed E-state index contributed by atoms with van der Waals surface area (Å²) >= 11 is 0. The van der Waals surface area contributed by atoms with Crippen LogP contribution in [-0.2, 0) is 20.7 Å². The Labute approximate surface area is 152 Å². The van der Waals surface area contributed by atoms with E-state index in [1.165, 1.54) is 0 Å². The van der Waals surface area contributed by atoms with E-state index < -0.39 is 11.4 Å². The van der Waals surface area contributed by atoms with Gasteiger partial charge in [0.05, 0.1) is 12.0 Å². The standard InChI is InChI=1S/C19H24N2O5/c1-20-17(23)14-4-2-3-13(9-14)5-6-16(22)21-10-15-11-26-8-7-19(15,12-21)18(24)25/h2-4,9,15H,5-8,10-12H2,1H3,(H,20,23)(H,24,25)/t15-,19+/m0/s1. The van der Waals surface area contributed by atoms with Crippen molar-refractivity contribution in [2.24, 2.45) is 11.3 Å². The Morgan fingerprint density at radius 3 is 2.88 bits per heavy atom. The van der Waals surface area contributed by atoms with Crippen molar-refractivity contribution in [1.29, 1.82) is 0 Å². The molecule has 0 saturated carbocycles. The van der Waals surface area contributed by atoms with E-state index in [4.69, 9.17) is 4.74 Å². The number of rotatable bonds is 5. The van der Waals surface area contributed by atoms with Gasteiger partial charge in [-0.2, -0.15) is 0 Å². The fraction of sp³-hybridized carbons (Fsp3) is 0.526. The molecule has 2 saturated heterocycles. The molecule has 0 radical (unpaired) electrons. The van der Waals surface area contributed by atoms with Crippen LogP contribution in [-0.4, -0.2) is 61.1 Å². The average molecular weight is 360 g/mol. The third-order valence-corrected chi connectivity index (χ3v) is 5.53. The Bertz CT molecular complexity index is 720. The van der Waals surface area contributed by atoms with Crippen LogP contribution in [0, 0.1) is 11.3 Å². The summed E-state index contributed by atoms with van der Waals surface area (Å²) in [5.41, 5.74) is 0.603.